The fourth-order valence-corrected chi connectivity index (χ4v) is 2.12. The Labute approximate surface area is 118 Å². The van der Waals surface area contributed by atoms with Crippen molar-refractivity contribution in [3.05, 3.63) is 24.3 Å². The SMILES string of the molecule is O=C1CCCN1CCCOc1ccc(N=CNO)cc1. The Morgan fingerprint density at radius 3 is 2.85 bits per heavy atom. The van der Waals surface area contributed by atoms with Crippen LogP contribution in [-0.2, 0) is 4.79 Å². The van der Waals surface area contributed by atoms with Crippen molar-refractivity contribution >= 4 is 17.9 Å². The first kappa shape index (κ1) is 14.3. The Balaban J connectivity index is 1.68. The molecule has 0 bridgehead atoms. The van der Waals surface area contributed by atoms with Gasteiger partial charge in [-0.25, -0.2) is 4.99 Å². The molecule has 108 valence electrons. The number of rotatable bonds is 7. The van der Waals surface area contributed by atoms with Crippen LogP contribution in [0.2, 0.25) is 0 Å². The van der Waals surface area contributed by atoms with Gasteiger partial charge in [0.2, 0.25) is 5.91 Å². The summed E-state index contributed by atoms with van der Waals surface area (Å²) in [5.74, 6) is 1.03. The summed E-state index contributed by atoms with van der Waals surface area (Å²) in [5, 5.41) is 8.38. The van der Waals surface area contributed by atoms with Crippen LogP contribution in [0, 0.1) is 0 Å². The van der Waals surface area contributed by atoms with E-state index in [1.165, 1.54) is 6.34 Å². The van der Waals surface area contributed by atoms with Crippen molar-refractivity contribution in [1.29, 1.82) is 0 Å². The van der Waals surface area contributed by atoms with E-state index in [4.69, 9.17) is 9.94 Å². The number of nitrogens with zero attached hydrogens (tertiary/aromatic N) is 2. The van der Waals surface area contributed by atoms with Gasteiger partial charge in [-0.05, 0) is 37.1 Å². The van der Waals surface area contributed by atoms with Crippen LogP contribution >= 0.6 is 0 Å². The number of hydroxylamine groups is 1. The number of amides is 1. The summed E-state index contributed by atoms with van der Waals surface area (Å²) in [7, 11) is 0. The van der Waals surface area contributed by atoms with Crippen LogP contribution in [0.15, 0.2) is 29.3 Å². The third-order valence-corrected chi connectivity index (χ3v) is 3.12. The van der Waals surface area contributed by atoms with Crippen LogP contribution in [0.5, 0.6) is 5.75 Å². The second kappa shape index (κ2) is 7.49. The molecule has 1 aliphatic rings. The molecule has 1 saturated heterocycles. The first-order chi connectivity index (χ1) is 9.79. The lowest BCUT2D eigenvalue weighted by Gasteiger charge is -2.15. The lowest BCUT2D eigenvalue weighted by molar-refractivity contribution is -0.127. The molecule has 1 aliphatic heterocycles. The van der Waals surface area contributed by atoms with E-state index >= 15 is 0 Å². The molecule has 6 heteroatoms. The minimum absolute atomic E-state index is 0.254. The van der Waals surface area contributed by atoms with Gasteiger partial charge >= 0.3 is 0 Å². The molecule has 1 amide bonds. The van der Waals surface area contributed by atoms with Crippen molar-refractivity contribution < 1.29 is 14.7 Å². The third-order valence-electron chi connectivity index (χ3n) is 3.12. The van der Waals surface area contributed by atoms with Crippen LogP contribution in [0.1, 0.15) is 19.3 Å². The van der Waals surface area contributed by atoms with Crippen molar-refractivity contribution in [3.63, 3.8) is 0 Å². The molecule has 1 fully saturated rings. The molecule has 1 aromatic rings. The van der Waals surface area contributed by atoms with E-state index in [-0.39, 0.29) is 5.91 Å². The van der Waals surface area contributed by atoms with Gasteiger partial charge in [0, 0.05) is 19.5 Å². The predicted molar refractivity (Wildman–Crippen MR) is 75.4 cm³/mol. The molecule has 0 saturated carbocycles. The molecule has 0 radical (unpaired) electrons. The second-order valence-electron chi connectivity index (χ2n) is 4.57. The van der Waals surface area contributed by atoms with Gasteiger partial charge < -0.3 is 9.64 Å². The summed E-state index contributed by atoms with van der Waals surface area (Å²) in [6, 6.07) is 7.25. The van der Waals surface area contributed by atoms with Gasteiger partial charge in [0.25, 0.3) is 0 Å². The Kier molecular flexibility index (Phi) is 5.37. The Morgan fingerprint density at radius 2 is 2.20 bits per heavy atom. The third kappa shape index (κ3) is 4.24. The highest BCUT2D eigenvalue weighted by Crippen LogP contribution is 2.18. The number of likely N-dealkylation sites (tertiary alicyclic amines) is 1. The van der Waals surface area contributed by atoms with Gasteiger partial charge in [0.1, 0.15) is 12.1 Å². The highest BCUT2D eigenvalue weighted by molar-refractivity contribution is 5.77. The van der Waals surface area contributed by atoms with E-state index in [1.54, 1.807) is 12.1 Å². The average Bonchev–Trinajstić information content (AvgIpc) is 2.88. The maximum Gasteiger partial charge on any atom is 0.222 e. The average molecular weight is 277 g/mol. The van der Waals surface area contributed by atoms with Gasteiger partial charge in [-0.15, -0.1) is 0 Å². The zero-order valence-electron chi connectivity index (χ0n) is 11.3. The van der Waals surface area contributed by atoms with E-state index in [1.807, 2.05) is 22.5 Å². The van der Waals surface area contributed by atoms with Crippen LogP contribution in [0.3, 0.4) is 0 Å². The van der Waals surface area contributed by atoms with E-state index in [9.17, 15) is 4.79 Å². The molecule has 1 aromatic carbocycles. The van der Waals surface area contributed by atoms with Crippen molar-refractivity contribution in [2.45, 2.75) is 19.3 Å². The molecule has 0 atom stereocenters. The van der Waals surface area contributed by atoms with E-state index in [0.29, 0.717) is 13.0 Å². The summed E-state index contributed by atoms with van der Waals surface area (Å²) in [4.78, 5) is 17.2. The molecule has 20 heavy (non-hydrogen) atoms. The van der Waals surface area contributed by atoms with E-state index in [0.717, 1.165) is 37.4 Å². The molecule has 0 spiro atoms. The Morgan fingerprint density at radius 1 is 1.40 bits per heavy atom. The number of aliphatic imine (C=N–C) groups is 1. The number of carbonyl (C=O) groups is 1. The van der Waals surface area contributed by atoms with Crippen LogP contribution in [0.25, 0.3) is 0 Å². The van der Waals surface area contributed by atoms with Crippen LogP contribution in [-0.4, -0.2) is 42.0 Å². The van der Waals surface area contributed by atoms with Crippen molar-refractivity contribution in [2.24, 2.45) is 4.99 Å². The number of hydrogen-bond acceptors (Lipinski definition) is 4. The monoisotopic (exact) mass is 277 g/mol. The van der Waals surface area contributed by atoms with Gasteiger partial charge in [-0.2, -0.15) is 0 Å². The zero-order valence-corrected chi connectivity index (χ0v) is 11.3. The second-order valence-corrected chi connectivity index (χ2v) is 4.57. The lowest BCUT2D eigenvalue weighted by Crippen LogP contribution is -2.26. The highest BCUT2D eigenvalue weighted by atomic mass is 16.5. The molecule has 0 aromatic heterocycles. The smallest absolute Gasteiger partial charge is 0.222 e. The molecule has 0 aliphatic carbocycles. The van der Waals surface area contributed by atoms with Crippen molar-refractivity contribution in [3.8, 4) is 5.75 Å². The predicted octanol–water partition coefficient (Wildman–Crippen LogP) is 1.72. The van der Waals surface area contributed by atoms with Crippen molar-refractivity contribution in [2.75, 3.05) is 19.7 Å². The topological polar surface area (TPSA) is 74.2 Å². The quantitative estimate of drug-likeness (QED) is 0.344. The fourth-order valence-electron chi connectivity index (χ4n) is 2.12. The standard InChI is InChI=1S/C14H19N3O3/c18-14-3-1-8-17(14)9-2-10-20-13-6-4-12(5-7-13)15-11-16-19/h4-7,11,19H,1-3,8-10H2,(H,15,16). The minimum atomic E-state index is 0.254. The maximum absolute atomic E-state index is 11.4. The number of carbonyl (C=O) groups excluding carboxylic acids is 1. The summed E-state index contributed by atoms with van der Waals surface area (Å²) in [6.45, 7) is 2.23. The number of nitrogens with one attached hydrogen (secondary N) is 1. The molecule has 0 unspecified atom stereocenters. The minimum Gasteiger partial charge on any atom is -0.494 e. The Bertz CT molecular complexity index is 459. The maximum atomic E-state index is 11.4. The first-order valence-electron chi connectivity index (χ1n) is 6.72. The molecule has 1 heterocycles. The molecular formula is C14H19N3O3. The molecule has 6 nitrogen and oxygen atoms in total. The highest BCUT2D eigenvalue weighted by Gasteiger charge is 2.18. The largest absolute Gasteiger partial charge is 0.494 e. The molecule has 2 rings (SSSR count). The number of benzene rings is 1. The van der Waals surface area contributed by atoms with Gasteiger partial charge in [-0.1, -0.05) is 0 Å². The van der Waals surface area contributed by atoms with Gasteiger partial charge in [-0.3, -0.25) is 15.5 Å². The Hall–Kier alpha value is -2.08. The van der Waals surface area contributed by atoms with Crippen LogP contribution < -0.4 is 10.2 Å². The molecular weight excluding hydrogens is 258 g/mol. The normalized spacial score (nSPS) is 15.1. The summed E-state index contributed by atoms with van der Waals surface area (Å²) >= 11 is 0. The summed E-state index contributed by atoms with van der Waals surface area (Å²) in [5.41, 5.74) is 2.57. The number of hydrogen-bond donors (Lipinski definition) is 2. The number of ether oxygens (including phenoxy) is 1. The van der Waals surface area contributed by atoms with Gasteiger partial charge in [0.15, 0.2) is 0 Å². The molecule has 2 N–H and O–H groups in total. The van der Waals surface area contributed by atoms with E-state index in [2.05, 4.69) is 4.99 Å². The van der Waals surface area contributed by atoms with Gasteiger partial charge in [0.05, 0.1) is 12.3 Å². The summed E-state index contributed by atoms with van der Waals surface area (Å²) in [6.07, 6.45) is 3.69. The zero-order chi connectivity index (χ0) is 14.2. The van der Waals surface area contributed by atoms with E-state index < -0.39 is 0 Å². The summed E-state index contributed by atoms with van der Waals surface area (Å²) < 4.78 is 5.61. The lowest BCUT2D eigenvalue weighted by atomic mass is 10.3. The fraction of sp³-hybridized carbons (Fsp3) is 0.429. The van der Waals surface area contributed by atoms with Crippen molar-refractivity contribution in [1.82, 2.24) is 10.4 Å². The van der Waals surface area contributed by atoms with Crippen LogP contribution in [0.4, 0.5) is 5.69 Å². The first-order valence-corrected chi connectivity index (χ1v) is 6.72.